The Kier molecular flexibility index (Phi) is 5.89. The molecule has 0 aromatic heterocycles. The minimum atomic E-state index is -0.499. The molecular weight excluding hydrogens is 320 g/mol. The zero-order chi connectivity index (χ0) is 18.4. The minimum Gasteiger partial charge on any atom is -0.465 e. The molecule has 0 saturated carbocycles. The summed E-state index contributed by atoms with van der Waals surface area (Å²) in [6.07, 6.45) is -0.278. The number of carbonyl (C=O) groups excluding carboxylic acids is 3. The van der Waals surface area contributed by atoms with Crippen molar-refractivity contribution in [2.45, 2.75) is 6.42 Å². The molecule has 0 aliphatic carbocycles. The van der Waals surface area contributed by atoms with Gasteiger partial charge in [-0.3, -0.25) is 9.59 Å². The first kappa shape index (κ1) is 18.2. The SMILES string of the molecule is COC(=O)c1ccc(N(C)C)c(NC(=O)CC(=O)c2ccccc2)c1. The highest BCUT2D eigenvalue weighted by Gasteiger charge is 2.16. The van der Waals surface area contributed by atoms with Crippen molar-refractivity contribution in [2.24, 2.45) is 0 Å². The molecule has 0 saturated heterocycles. The van der Waals surface area contributed by atoms with Crippen LogP contribution in [-0.4, -0.2) is 38.9 Å². The quantitative estimate of drug-likeness (QED) is 0.497. The largest absolute Gasteiger partial charge is 0.465 e. The van der Waals surface area contributed by atoms with Crippen LogP contribution >= 0.6 is 0 Å². The van der Waals surface area contributed by atoms with Gasteiger partial charge in [-0.15, -0.1) is 0 Å². The maximum atomic E-state index is 12.3. The van der Waals surface area contributed by atoms with E-state index in [4.69, 9.17) is 4.74 Å². The van der Waals surface area contributed by atoms with E-state index in [1.165, 1.54) is 13.2 Å². The average Bonchev–Trinajstić information content (AvgIpc) is 2.61. The molecule has 0 aliphatic heterocycles. The van der Waals surface area contributed by atoms with Gasteiger partial charge in [0, 0.05) is 19.7 Å². The number of hydrogen-bond acceptors (Lipinski definition) is 5. The standard InChI is InChI=1S/C19H20N2O4/c1-21(2)16-10-9-14(19(24)25-3)11-15(16)20-18(23)12-17(22)13-7-5-4-6-8-13/h4-11H,12H2,1-3H3,(H,20,23). The molecular formula is C19H20N2O4. The predicted octanol–water partition coefficient (Wildman–Crippen LogP) is 2.75. The Morgan fingerprint density at radius 1 is 1.00 bits per heavy atom. The topological polar surface area (TPSA) is 75.7 Å². The molecule has 6 nitrogen and oxygen atoms in total. The summed E-state index contributed by atoms with van der Waals surface area (Å²) < 4.78 is 4.70. The van der Waals surface area contributed by atoms with Crippen LogP contribution in [0.2, 0.25) is 0 Å². The normalized spacial score (nSPS) is 10.0. The van der Waals surface area contributed by atoms with Crippen LogP contribution in [0.1, 0.15) is 27.1 Å². The Labute approximate surface area is 146 Å². The maximum absolute atomic E-state index is 12.3. The molecule has 0 atom stereocenters. The van der Waals surface area contributed by atoms with Crippen molar-refractivity contribution in [3.63, 3.8) is 0 Å². The predicted molar refractivity (Wildman–Crippen MR) is 96.1 cm³/mol. The lowest BCUT2D eigenvalue weighted by Gasteiger charge is -2.18. The summed E-state index contributed by atoms with van der Waals surface area (Å²) in [6.45, 7) is 0. The fraction of sp³-hybridized carbons (Fsp3) is 0.211. The Hall–Kier alpha value is -3.15. The van der Waals surface area contributed by atoms with Crippen molar-refractivity contribution >= 4 is 29.0 Å². The van der Waals surface area contributed by atoms with Crippen LogP contribution in [0.4, 0.5) is 11.4 Å². The molecule has 0 aliphatic rings. The number of Topliss-reactive ketones (excluding diaryl/α,β-unsaturated/α-hetero) is 1. The van der Waals surface area contributed by atoms with Gasteiger partial charge in [0.1, 0.15) is 0 Å². The fourth-order valence-corrected chi connectivity index (χ4v) is 2.34. The van der Waals surface area contributed by atoms with E-state index in [0.717, 1.165) is 0 Å². The molecule has 6 heteroatoms. The molecule has 25 heavy (non-hydrogen) atoms. The number of esters is 1. The zero-order valence-electron chi connectivity index (χ0n) is 14.4. The highest BCUT2D eigenvalue weighted by Crippen LogP contribution is 2.26. The Bertz CT molecular complexity index is 785. The summed E-state index contributed by atoms with van der Waals surface area (Å²) in [6, 6.07) is 13.5. The van der Waals surface area contributed by atoms with Gasteiger partial charge in [0.2, 0.25) is 5.91 Å². The van der Waals surface area contributed by atoms with Gasteiger partial charge in [-0.05, 0) is 18.2 Å². The number of carbonyl (C=O) groups is 3. The second kappa shape index (κ2) is 8.10. The minimum absolute atomic E-state index is 0.270. The van der Waals surface area contributed by atoms with E-state index in [-0.39, 0.29) is 12.2 Å². The summed E-state index contributed by atoms with van der Waals surface area (Å²) in [5, 5.41) is 2.70. The molecule has 0 spiro atoms. The molecule has 0 bridgehead atoms. The van der Waals surface area contributed by atoms with E-state index in [2.05, 4.69) is 5.32 Å². The van der Waals surface area contributed by atoms with Crippen molar-refractivity contribution in [3.8, 4) is 0 Å². The summed E-state index contributed by atoms with van der Waals surface area (Å²) in [5.74, 6) is -1.21. The smallest absolute Gasteiger partial charge is 0.337 e. The van der Waals surface area contributed by atoms with Crippen LogP contribution in [-0.2, 0) is 9.53 Å². The highest BCUT2D eigenvalue weighted by atomic mass is 16.5. The van der Waals surface area contributed by atoms with Crippen LogP contribution in [0.5, 0.6) is 0 Å². The first-order chi connectivity index (χ1) is 11.9. The van der Waals surface area contributed by atoms with Gasteiger partial charge in [-0.1, -0.05) is 30.3 Å². The third-order valence-corrected chi connectivity index (χ3v) is 3.59. The third kappa shape index (κ3) is 4.67. The number of anilines is 2. The van der Waals surface area contributed by atoms with Gasteiger partial charge in [0.15, 0.2) is 5.78 Å². The monoisotopic (exact) mass is 340 g/mol. The van der Waals surface area contributed by atoms with Crippen molar-refractivity contribution < 1.29 is 19.1 Å². The fourth-order valence-electron chi connectivity index (χ4n) is 2.34. The number of nitrogens with zero attached hydrogens (tertiary/aromatic N) is 1. The van der Waals surface area contributed by atoms with Crippen molar-refractivity contribution in [3.05, 3.63) is 59.7 Å². The molecule has 2 aromatic carbocycles. The molecule has 0 fully saturated rings. The lowest BCUT2D eigenvalue weighted by Crippen LogP contribution is -2.20. The van der Waals surface area contributed by atoms with Crippen LogP contribution in [0, 0.1) is 0 Å². The molecule has 1 N–H and O–H groups in total. The summed E-state index contributed by atoms with van der Waals surface area (Å²) >= 11 is 0. The molecule has 0 radical (unpaired) electrons. The van der Waals surface area contributed by atoms with E-state index < -0.39 is 11.9 Å². The Balaban J connectivity index is 2.18. The highest BCUT2D eigenvalue weighted by molar-refractivity contribution is 6.11. The Morgan fingerprint density at radius 3 is 2.28 bits per heavy atom. The molecule has 1 amide bonds. The maximum Gasteiger partial charge on any atom is 0.337 e. The zero-order valence-corrected chi connectivity index (χ0v) is 14.4. The molecule has 0 heterocycles. The number of nitrogens with one attached hydrogen (secondary N) is 1. The van der Waals surface area contributed by atoms with Gasteiger partial charge in [-0.2, -0.15) is 0 Å². The van der Waals surface area contributed by atoms with Crippen LogP contribution in [0.15, 0.2) is 48.5 Å². The van der Waals surface area contributed by atoms with Crippen LogP contribution < -0.4 is 10.2 Å². The number of ketones is 1. The molecule has 2 aromatic rings. The van der Waals surface area contributed by atoms with Gasteiger partial charge < -0.3 is 15.0 Å². The number of hydrogen-bond donors (Lipinski definition) is 1. The molecule has 0 unspecified atom stereocenters. The summed E-state index contributed by atoms with van der Waals surface area (Å²) in [4.78, 5) is 37.9. The van der Waals surface area contributed by atoms with Crippen molar-refractivity contribution in [1.29, 1.82) is 0 Å². The first-order valence-corrected chi connectivity index (χ1v) is 7.70. The number of ether oxygens (including phenoxy) is 1. The second-order valence-electron chi connectivity index (χ2n) is 5.63. The summed E-state index contributed by atoms with van der Waals surface area (Å²) in [5.41, 5.74) is 1.96. The summed E-state index contributed by atoms with van der Waals surface area (Å²) in [7, 11) is 4.93. The van der Waals surface area contributed by atoms with E-state index in [9.17, 15) is 14.4 Å². The second-order valence-corrected chi connectivity index (χ2v) is 5.63. The number of benzene rings is 2. The Morgan fingerprint density at radius 2 is 1.68 bits per heavy atom. The van der Waals surface area contributed by atoms with Gasteiger partial charge in [-0.25, -0.2) is 4.79 Å². The molecule has 2 rings (SSSR count). The average molecular weight is 340 g/mol. The lowest BCUT2D eigenvalue weighted by molar-refractivity contribution is -0.115. The van der Waals surface area contributed by atoms with Crippen molar-refractivity contribution in [2.75, 3.05) is 31.4 Å². The number of amides is 1. The van der Waals surface area contributed by atoms with E-state index in [1.807, 2.05) is 14.1 Å². The first-order valence-electron chi connectivity index (χ1n) is 7.70. The van der Waals surface area contributed by atoms with E-state index in [1.54, 1.807) is 47.4 Å². The van der Waals surface area contributed by atoms with Crippen molar-refractivity contribution in [1.82, 2.24) is 0 Å². The van der Waals surface area contributed by atoms with Crippen LogP contribution in [0.25, 0.3) is 0 Å². The lowest BCUT2D eigenvalue weighted by atomic mass is 10.1. The van der Waals surface area contributed by atoms with Crippen LogP contribution in [0.3, 0.4) is 0 Å². The van der Waals surface area contributed by atoms with Gasteiger partial charge >= 0.3 is 5.97 Å². The number of rotatable bonds is 6. The van der Waals surface area contributed by atoms with E-state index in [0.29, 0.717) is 22.5 Å². The molecule has 130 valence electrons. The van der Waals surface area contributed by atoms with E-state index >= 15 is 0 Å². The third-order valence-electron chi connectivity index (χ3n) is 3.59. The van der Waals surface area contributed by atoms with Gasteiger partial charge in [0.05, 0.1) is 30.5 Å². The number of methoxy groups -OCH3 is 1. The van der Waals surface area contributed by atoms with Gasteiger partial charge in [0.25, 0.3) is 0 Å².